The quantitative estimate of drug-likeness (QED) is 0.337. The number of hydrogen-bond donors (Lipinski definition) is 2. The zero-order valence-corrected chi connectivity index (χ0v) is 13.3. The van der Waals surface area contributed by atoms with Crippen LogP contribution in [-0.4, -0.2) is 9.97 Å². The van der Waals surface area contributed by atoms with Crippen LogP contribution in [0.25, 0.3) is 0 Å². The van der Waals surface area contributed by atoms with Crippen molar-refractivity contribution in [1.82, 2.24) is 9.97 Å². The molecule has 0 amide bonds. The largest absolute Gasteiger partial charge is 0.399 e. The van der Waals surface area contributed by atoms with Crippen LogP contribution in [0.5, 0.6) is 0 Å². The zero-order chi connectivity index (χ0) is 14.6. The second-order valence-electron chi connectivity index (χ2n) is 5.39. The normalized spacial score (nSPS) is 22.3. The Labute approximate surface area is 135 Å². The molecule has 1 aliphatic heterocycles. The maximum absolute atomic E-state index is 6.06. The van der Waals surface area contributed by atoms with Gasteiger partial charge in [0.25, 0.3) is 0 Å². The molecule has 4 rings (SSSR count). The molecular weight excluding hydrogens is 379 g/mol. The van der Waals surface area contributed by atoms with Gasteiger partial charge in [0.15, 0.2) is 9.87 Å². The van der Waals surface area contributed by atoms with Crippen LogP contribution in [0, 0.1) is 0 Å². The standard InChI is InChI=1S/C14H13IN6/c15-11-10-12(17)18-13(19-14(10)21-20-11)8-3-6-1-2-9(16)5-7(6)4-8/h1-2,5,8,11H,3-4,16H2,(H2,17,18,19). The molecule has 0 spiro atoms. The number of fused-ring (bicyclic) bond motifs is 2. The Kier molecular flexibility index (Phi) is 2.84. The molecule has 0 saturated heterocycles. The van der Waals surface area contributed by atoms with Gasteiger partial charge in [0.05, 0.1) is 5.56 Å². The molecule has 21 heavy (non-hydrogen) atoms. The molecule has 0 fully saturated rings. The SMILES string of the molecule is Nc1ccc2c(c1)CC(c1nc(N)c3c(n1)N=NC3I)C2. The molecule has 2 atom stereocenters. The molecule has 1 aromatic carbocycles. The summed E-state index contributed by atoms with van der Waals surface area (Å²) in [6, 6.07) is 6.06. The lowest BCUT2D eigenvalue weighted by Crippen LogP contribution is -2.08. The Morgan fingerprint density at radius 1 is 1.10 bits per heavy atom. The average Bonchev–Trinajstić information content (AvgIpc) is 3.02. The minimum atomic E-state index is -0.0766. The monoisotopic (exact) mass is 392 g/mol. The third-order valence-electron chi connectivity index (χ3n) is 3.99. The Morgan fingerprint density at radius 2 is 1.90 bits per heavy atom. The molecule has 2 unspecified atom stereocenters. The van der Waals surface area contributed by atoms with Crippen molar-refractivity contribution in [2.75, 3.05) is 11.5 Å². The molecular formula is C14H13IN6. The van der Waals surface area contributed by atoms with E-state index in [0.717, 1.165) is 29.9 Å². The van der Waals surface area contributed by atoms with Gasteiger partial charge in [-0.2, -0.15) is 5.11 Å². The maximum Gasteiger partial charge on any atom is 0.185 e. The van der Waals surface area contributed by atoms with Gasteiger partial charge in [0, 0.05) is 11.6 Å². The van der Waals surface area contributed by atoms with Crippen LogP contribution in [0.3, 0.4) is 0 Å². The van der Waals surface area contributed by atoms with Crippen molar-refractivity contribution < 1.29 is 0 Å². The second kappa shape index (κ2) is 4.62. The number of nitrogens with two attached hydrogens (primary N) is 2. The summed E-state index contributed by atoms with van der Waals surface area (Å²) in [4.78, 5) is 9.06. The highest BCUT2D eigenvalue weighted by atomic mass is 127. The fourth-order valence-electron chi connectivity index (χ4n) is 2.96. The summed E-state index contributed by atoms with van der Waals surface area (Å²) in [6.45, 7) is 0. The lowest BCUT2D eigenvalue weighted by Gasteiger charge is -2.10. The van der Waals surface area contributed by atoms with Gasteiger partial charge in [-0.15, -0.1) is 5.11 Å². The van der Waals surface area contributed by atoms with Crippen molar-refractivity contribution in [3.8, 4) is 0 Å². The smallest absolute Gasteiger partial charge is 0.185 e. The number of nitrogen functional groups attached to an aromatic ring is 2. The summed E-state index contributed by atoms with van der Waals surface area (Å²) >= 11 is 2.18. The van der Waals surface area contributed by atoms with E-state index in [1.54, 1.807) is 0 Å². The van der Waals surface area contributed by atoms with Crippen LogP contribution < -0.4 is 11.5 Å². The Bertz CT molecular complexity index is 772. The Hall–Kier alpha value is -1.77. The van der Waals surface area contributed by atoms with Gasteiger partial charge in [-0.3, -0.25) is 0 Å². The summed E-state index contributed by atoms with van der Waals surface area (Å²) in [7, 11) is 0. The highest BCUT2D eigenvalue weighted by Gasteiger charge is 2.29. The minimum Gasteiger partial charge on any atom is -0.399 e. The van der Waals surface area contributed by atoms with Gasteiger partial charge in [-0.25, -0.2) is 9.97 Å². The summed E-state index contributed by atoms with van der Waals surface area (Å²) in [5.74, 6) is 2.10. The van der Waals surface area contributed by atoms with Crippen LogP contribution >= 0.6 is 22.6 Å². The molecule has 4 N–H and O–H groups in total. The Balaban J connectivity index is 1.71. The number of halogens is 1. The van der Waals surface area contributed by atoms with Crippen molar-refractivity contribution in [3.63, 3.8) is 0 Å². The zero-order valence-electron chi connectivity index (χ0n) is 11.1. The lowest BCUT2D eigenvalue weighted by molar-refractivity contribution is 0.683. The van der Waals surface area contributed by atoms with E-state index in [9.17, 15) is 0 Å². The topological polar surface area (TPSA) is 103 Å². The predicted octanol–water partition coefficient (Wildman–Crippen LogP) is 3.05. The van der Waals surface area contributed by atoms with E-state index in [2.05, 4.69) is 48.9 Å². The molecule has 1 aliphatic carbocycles. The van der Waals surface area contributed by atoms with E-state index in [1.807, 2.05) is 12.1 Å². The first kappa shape index (κ1) is 12.9. The second-order valence-corrected chi connectivity index (χ2v) is 6.57. The van der Waals surface area contributed by atoms with Gasteiger partial charge in [-0.05, 0) is 58.7 Å². The van der Waals surface area contributed by atoms with Gasteiger partial charge < -0.3 is 11.5 Å². The highest BCUT2D eigenvalue weighted by molar-refractivity contribution is 14.1. The molecule has 106 valence electrons. The van der Waals surface area contributed by atoms with Crippen molar-refractivity contribution in [1.29, 1.82) is 0 Å². The number of alkyl halides is 1. The summed E-state index contributed by atoms with van der Waals surface area (Å²) in [6.07, 6.45) is 1.81. The van der Waals surface area contributed by atoms with Crippen molar-refractivity contribution in [2.45, 2.75) is 22.8 Å². The van der Waals surface area contributed by atoms with Crippen molar-refractivity contribution >= 4 is 39.9 Å². The average molecular weight is 392 g/mol. The molecule has 2 aliphatic rings. The van der Waals surface area contributed by atoms with E-state index in [4.69, 9.17) is 11.5 Å². The molecule has 1 aromatic heterocycles. The summed E-state index contributed by atoms with van der Waals surface area (Å²) in [5, 5.41) is 8.20. The molecule has 0 bridgehead atoms. The van der Waals surface area contributed by atoms with Crippen LogP contribution in [0.4, 0.5) is 17.3 Å². The van der Waals surface area contributed by atoms with E-state index >= 15 is 0 Å². The number of nitrogens with zero attached hydrogens (tertiary/aromatic N) is 4. The first-order chi connectivity index (χ1) is 10.1. The molecule has 2 aromatic rings. The first-order valence-corrected chi connectivity index (χ1v) is 7.96. The number of azo groups is 1. The molecule has 7 heteroatoms. The van der Waals surface area contributed by atoms with Gasteiger partial charge >= 0.3 is 0 Å². The van der Waals surface area contributed by atoms with Crippen LogP contribution in [0.2, 0.25) is 0 Å². The number of benzene rings is 1. The maximum atomic E-state index is 6.06. The minimum absolute atomic E-state index is 0.0766. The Morgan fingerprint density at radius 3 is 2.76 bits per heavy atom. The predicted molar refractivity (Wildman–Crippen MR) is 88.7 cm³/mol. The lowest BCUT2D eigenvalue weighted by atomic mass is 10.1. The molecule has 2 heterocycles. The number of aromatic nitrogens is 2. The summed E-state index contributed by atoms with van der Waals surface area (Å²) < 4.78 is -0.0766. The number of anilines is 2. The van der Waals surface area contributed by atoms with E-state index in [1.165, 1.54) is 11.1 Å². The fraction of sp³-hybridized carbons (Fsp3) is 0.286. The number of hydrogen-bond acceptors (Lipinski definition) is 6. The van der Waals surface area contributed by atoms with Gasteiger partial charge in [-0.1, -0.05) is 6.07 Å². The van der Waals surface area contributed by atoms with Crippen LogP contribution in [-0.2, 0) is 12.8 Å². The third-order valence-corrected chi connectivity index (χ3v) is 4.86. The molecule has 0 radical (unpaired) electrons. The van der Waals surface area contributed by atoms with Crippen LogP contribution in [0.1, 0.15) is 32.5 Å². The van der Waals surface area contributed by atoms with Crippen molar-refractivity contribution in [2.24, 2.45) is 10.2 Å². The van der Waals surface area contributed by atoms with Crippen LogP contribution in [0.15, 0.2) is 28.4 Å². The van der Waals surface area contributed by atoms with E-state index < -0.39 is 0 Å². The van der Waals surface area contributed by atoms with Gasteiger partial charge in [0.2, 0.25) is 0 Å². The fourth-order valence-corrected chi connectivity index (χ4v) is 3.69. The summed E-state index contributed by atoms with van der Waals surface area (Å²) in [5.41, 5.74) is 16.1. The first-order valence-electron chi connectivity index (χ1n) is 6.71. The van der Waals surface area contributed by atoms with E-state index in [-0.39, 0.29) is 9.97 Å². The molecule has 0 saturated carbocycles. The van der Waals surface area contributed by atoms with Crippen molar-refractivity contribution in [3.05, 3.63) is 40.7 Å². The number of rotatable bonds is 1. The third kappa shape index (κ3) is 2.06. The van der Waals surface area contributed by atoms with E-state index in [0.29, 0.717) is 11.6 Å². The van der Waals surface area contributed by atoms with Gasteiger partial charge in [0.1, 0.15) is 11.6 Å². The molecule has 6 nitrogen and oxygen atoms in total. The highest BCUT2D eigenvalue weighted by Crippen LogP contribution is 2.43.